The van der Waals surface area contributed by atoms with E-state index in [9.17, 15) is 10.2 Å². The molecule has 3 atom stereocenters. The Kier molecular flexibility index (Phi) is 5.56. The van der Waals surface area contributed by atoms with Crippen molar-refractivity contribution in [1.82, 2.24) is 9.88 Å². The summed E-state index contributed by atoms with van der Waals surface area (Å²) in [6.07, 6.45) is 2.23. The molecule has 6 rings (SSSR count). The molecule has 0 saturated carbocycles. The lowest BCUT2D eigenvalue weighted by Crippen LogP contribution is -2.48. The highest BCUT2D eigenvalue weighted by atomic mass is 16.7. The molecule has 1 fully saturated rings. The molecule has 3 aliphatic rings. The first kappa shape index (κ1) is 22.5. The van der Waals surface area contributed by atoms with Crippen LogP contribution >= 0.6 is 0 Å². The van der Waals surface area contributed by atoms with Crippen LogP contribution in [0.25, 0.3) is 0 Å². The van der Waals surface area contributed by atoms with Crippen molar-refractivity contribution in [2.45, 2.75) is 25.0 Å². The Morgan fingerprint density at radius 1 is 1.11 bits per heavy atom. The second kappa shape index (κ2) is 8.90. The Bertz CT molecular complexity index is 1290. The standard InChI is InChI=1S/C26H27N5O5/c1-2-23(32)29-12-10-17(14-29)30-20-9-11-28-25(27)24(20)31(26(30)33)16-3-5-18(6-4-16)36-19-7-8-21-22(13-19)35-15-34-21/h2-9,11,13,17,23,26,32-33H,1,10,12,14-15H2,(H2,27,28)/t17-,23?,26?/m1/s1. The van der Waals surface area contributed by atoms with Crippen molar-refractivity contribution in [2.75, 3.05) is 35.4 Å². The predicted octanol–water partition coefficient (Wildman–Crippen LogP) is 3.00. The van der Waals surface area contributed by atoms with Crippen molar-refractivity contribution >= 4 is 22.9 Å². The van der Waals surface area contributed by atoms with Crippen LogP contribution in [-0.4, -0.2) is 58.6 Å². The van der Waals surface area contributed by atoms with Crippen LogP contribution in [0.15, 0.2) is 67.4 Å². The van der Waals surface area contributed by atoms with Gasteiger partial charge in [-0.25, -0.2) is 4.98 Å². The molecule has 186 valence electrons. The van der Waals surface area contributed by atoms with Crippen LogP contribution < -0.4 is 29.7 Å². The molecule has 4 N–H and O–H groups in total. The number of nitrogens with two attached hydrogens (primary N) is 1. The Balaban J connectivity index is 1.26. The predicted molar refractivity (Wildman–Crippen MR) is 135 cm³/mol. The highest BCUT2D eigenvalue weighted by Gasteiger charge is 2.43. The Morgan fingerprint density at radius 2 is 1.89 bits per heavy atom. The third kappa shape index (κ3) is 3.76. The fourth-order valence-electron chi connectivity index (χ4n) is 5.06. The number of hydrogen-bond donors (Lipinski definition) is 3. The molecule has 0 aliphatic carbocycles. The van der Waals surface area contributed by atoms with Crippen molar-refractivity contribution < 1.29 is 24.4 Å². The van der Waals surface area contributed by atoms with Crippen LogP contribution in [0.1, 0.15) is 6.42 Å². The molecule has 3 aromatic rings. The fraction of sp³-hybridized carbons (Fsp3) is 0.269. The number of nitrogen functional groups attached to an aromatic ring is 1. The van der Waals surface area contributed by atoms with Gasteiger partial charge in [-0.1, -0.05) is 6.58 Å². The summed E-state index contributed by atoms with van der Waals surface area (Å²) in [6, 6.07) is 14.7. The summed E-state index contributed by atoms with van der Waals surface area (Å²) in [7, 11) is 0. The molecule has 1 saturated heterocycles. The molecule has 1 aromatic heterocycles. The summed E-state index contributed by atoms with van der Waals surface area (Å²) in [5, 5.41) is 21.7. The van der Waals surface area contributed by atoms with E-state index in [1.807, 2.05) is 52.3 Å². The second-order valence-electron chi connectivity index (χ2n) is 8.89. The van der Waals surface area contributed by atoms with Crippen LogP contribution in [0.3, 0.4) is 0 Å². The molecule has 2 aromatic carbocycles. The maximum atomic E-state index is 11.5. The average Bonchev–Trinajstić information content (AvgIpc) is 3.62. The van der Waals surface area contributed by atoms with Gasteiger partial charge in [0, 0.05) is 37.1 Å². The van der Waals surface area contributed by atoms with Crippen molar-refractivity contribution in [3.63, 3.8) is 0 Å². The maximum Gasteiger partial charge on any atom is 0.231 e. The maximum absolute atomic E-state index is 11.5. The minimum atomic E-state index is -0.988. The molecule has 10 heteroatoms. The number of aliphatic hydroxyl groups is 2. The van der Waals surface area contributed by atoms with Gasteiger partial charge >= 0.3 is 0 Å². The van der Waals surface area contributed by atoms with Gasteiger partial charge in [0.15, 0.2) is 11.5 Å². The first-order valence-corrected chi connectivity index (χ1v) is 11.8. The van der Waals surface area contributed by atoms with Crippen LogP contribution in [0.5, 0.6) is 23.0 Å². The first-order valence-electron chi connectivity index (χ1n) is 11.8. The number of anilines is 4. The highest BCUT2D eigenvalue weighted by Crippen LogP contribution is 2.48. The Labute approximate surface area is 208 Å². The molecule has 4 heterocycles. The van der Waals surface area contributed by atoms with E-state index in [0.717, 1.165) is 17.8 Å². The third-order valence-electron chi connectivity index (χ3n) is 6.80. The van der Waals surface area contributed by atoms with Crippen LogP contribution in [-0.2, 0) is 0 Å². The van der Waals surface area contributed by atoms with E-state index in [4.69, 9.17) is 19.9 Å². The zero-order chi connectivity index (χ0) is 24.8. The molecule has 3 aliphatic heterocycles. The minimum Gasteiger partial charge on any atom is -0.457 e. The van der Waals surface area contributed by atoms with Gasteiger partial charge in [-0.05, 0) is 55.0 Å². The Morgan fingerprint density at radius 3 is 2.69 bits per heavy atom. The van der Waals surface area contributed by atoms with Gasteiger partial charge < -0.3 is 35.1 Å². The summed E-state index contributed by atoms with van der Waals surface area (Å²) in [4.78, 5) is 9.92. The quantitative estimate of drug-likeness (QED) is 0.446. The first-order chi connectivity index (χ1) is 17.5. The number of benzene rings is 2. The molecule has 0 amide bonds. The smallest absolute Gasteiger partial charge is 0.231 e. The van der Waals surface area contributed by atoms with Crippen molar-refractivity contribution in [3.8, 4) is 23.0 Å². The summed E-state index contributed by atoms with van der Waals surface area (Å²) in [6.45, 7) is 5.17. The summed E-state index contributed by atoms with van der Waals surface area (Å²) in [5.41, 5.74) is 8.49. The summed E-state index contributed by atoms with van der Waals surface area (Å²) < 4.78 is 16.8. The van der Waals surface area contributed by atoms with Crippen molar-refractivity contribution in [3.05, 3.63) is 67.4 Å². The molecule has 36 heavy (non-hydrogen) atoms. The zero-order valence-corrected chi connectivity index (χ0v) is 19.5. The molecule has 2 unspecified atom stereocenters. The van der Waals surface area contributed by atoms with Crippen molar-refractivity contribution in [2.24, 2.45) is 0 Å². The van der Waals surface area contributed by atoms with Crippen LogP contribution in [0.2, 0.25) is 0 Å². The molecule has 0 radical (unpaired) electrons. The van der Waals surface area contributed by atoms with Gasteiger partial charge in [-0.2, -0.15) is 0 Å². The topological polar surface area (TPSA) is 117 Å². The van der Waals surface area contributed by atoms with Crippen LogP contribution in [0.4, 0.5) is 22.9 Å². The largest absolute Gasteiger partial charge is 0.457 e. The monoisotopic (exact) mass is 489 g/mol. The van der Waals surface area contributed by atoms with Gasteiger partial charge in [0.2, 0.25) is 13.1 Å². The molecule has 10 nitrogen and oxygen atoms in total. The zero-order valence-electron chi connectivity index (χ0n) is 19.5. The highest BCUT2D eigenvalue weighted by molar-refractivity contribution is 5.90. The van der Waals surface area contributed by atoms with E-state index < -0.39 is 12.6 Å². The van der Waals surface area contributed by atoms with Crippen molar-refractivity contribution in [1.29, 1.82) is 0 Å². The number of aliphatic hydroxyl groups excluding tert-OH is 2. The van der Waals surface area contributed by atoms with Gasteiger partial charge in [-0.15, -0.1) is 0 Å². The van der Waals surface area contributed by atoms with Gasteiger partial charge in [0.1, 0.15) is 29.2 Å². The molecule has 0 spiro atoms. The van der Waals surface area contributed by atoms with E-state index in [2.05, 4.69) is 11.6 Å². The summed E-state index contributed by atoms with van der Waals surface area (Å²) >= 11 is 0. The Hall–Kier alpha value is -3.99. The fourth-order valence-corrected chi connectivity index (χ4v) is 5.06. The van der Waals surface area contributed by atoms with E-state index in [1.54, 1.807) is 17.2 Å². The lowest BCUT2D eigenvalue weighted by atomic mass is 10.2. The lowest BCUT2D eigenvalue weighted by molar-refractivity contribution is 0.0591. The number of likely N-dealkylation sites (tertiary alicyclic amines) is 1. The van der Waals surface area contributed by atoms with Gasteiger partial charge in [0.25, 0.3) is 0 Å². The number of pyridine rings is 1. The number of aromatic nitrogens is 1. The minimum absolute atomic E-state index is 0.0197. The van der Waals surface area contributed by atoms with Gasteiger partial charge in [-0.3, -0.25) is 9.80 Å². The van der Waals surface area contributed by atoms with E-state index in [0.29, 0.717) is 47.6 Å². The lowest BCUT2D eigenvalue weighted by Gasteiger charge is -2.33. The third-order valence-corrected chi connectivity index (χ3v) is 6.80. The molecule has 0 bridgehead atoms. The second-order valence-corrected chi connectivity index (χ2v) is 8.89. The SMILES string of the molecule is C=CC(O)N1CC[C@@H](N2c3ccnc(N)c3N(c3ccc(Oc4ccc5c(c4)OCO5)cc3)C2O)C1. The average molecular weight is 490 g/mol. The summed E-state index contributed by atoms with van der Waals surface area (Å²) in [5.74, 6) is 2.93. The number of hydrogen-bond acceptors (Lipinski definition) is 10. The number of nitrogens with zero attached hydrogens (tertiary/aromatic N) is 4. The van der Waals surface area contributed by atoms with Gasteiger partial charge in [0.05, 0.1) is 5.69 Å². The normalized spacial score (nSPS) is 21.5. The molecular formula is C26H27N5O5. The van der Waals surface area contributed by atoms with E-state index >= 15 is 0 Å². The van der Waals surface area contributed by atoms with Crippen LogP contribution in [0, 0.1) is 0 Å². The number of fused-ring (bicyclic) bond motifs is 2. The number of rotatable bonds is 6. The number of ether oxygens (including phenoxy) is 3. The van der Waals surface area contributed by atoms with E-state index in [1.165, 1.54) is 6.08 Å². The molecular weight excluding hydrogens is 462 g/mol. The van der Waals surface area contributed by atoms with E-state index in [-0.39, 0.29) is 12.8 Å².